The molecule has 1 saturated heterocycles. The number of thioether (sulfide) groups is 1. The molecule has 9 heteroatoms. The Labute approximate surface area is 239 Å². The van der Waals surface area contributed by atoms with Crippen LogP contribution in [0.1, 0.15) is 35.5 Å². The van der Waals surface area contributed by atoms with Gasteiger partial charge in [-0.1, -0.05) is 66.7 Å². The smallest absolute Gasteiger partial charge is 0.261 e. The molecule has 0 radical (unpaired) electrons. The van der Waals surface area contributed by atoms with Gasteiger partial charge in [0.2, 0.25) is 0 Å². The van der Waals surface area contributed by atoms with E-state index < -0.39 is 16.3 Å². The van der Waals surface area contributed by atoms with E-state index in [9.17, 15) is 13.5 Å². The molecule has 7 nitrogen and oxygen atoms in total. The van der Waals surface area contributed by atoms with Crippen LogP contribution < -0.4 is 9.46 Å². The van der Waals surface area contributed by atoms with Gasteiger partial charge in [0.15, 0.2) is 6.29 Å². The van der Waals surface area contributed by atoms with E-state index in [1.54, 1.807) is 61.3 Å². The third-order valence-electron chi connectivity index (χ3n) is 6.60. The monoisotopic (exact) mass is 577 g/mol. The van der Waals surface area contributed by atoms with Crippen molar-refractivity contribution in [3.05, 3.63) is 120 Å². The van der Waals surface area contributed by atoms with Gasteiger partial charge in [0.1, 0.15) is 5.75 Å². The van der Waals surface area contributed by atoms with Crippen molar-refractivity contribution < 1.29 is 27.7 Å². The van der Waals surface area contributed by atoms with Gasteiger partial charge in [0.05, 0.1) is 30.8 Å². The molecule has 1 aliphatic rings. The second-order valence-corrected chi connectivity index (χ2v) is 12.1. The lowest BCUT2D eigenvalue weighted by molar-refractivity contribution is -0.245. The highest BCUT2D eigenvalue weighted by molar-refractivity contribution is 7.99. The van der Waals surface area contributed by atoms with Crippen LogP contribution in [0.2, 0.25) is 0 Å². The van der Waals surface area contributed by atoms with Gasteiger partial charge in [-0.15, -0.1) is 11.8 Å². The second-order valence-electron chi connectivity index (χ2n) is 9.35. The first kappa shape index (κ1) is 28.2. The molecule has 5 rings (SSSR count). The Balaban J connectivity index is 1.34. The Morgan fingerprint density at radius 2 is 1.55 bits per heavy atom. The Bertz CT molecular complexity index is 1500. The number of aliphatic hydroxyl groups excluding tert-OH is 1. The molecule has 4 aromatic rings. The Hall–Kier alpha value is -3.34. The maximum Gasteiger partial charge on any atom is 0.261 e. The van der Waals surface area contributed by atoms with Crippen molar-refractivity contribution in [2.24, 2.45) is 0 Å². The van der Waals surface area contributed by atoms with Gasteiger partial charge in [-0.2, -0.15) is 0 Å². The maximum absolute atomic E-state index is 12.7. The van der Waals surface area contributed by atoms with Crippen molar-refractivity contribution in [1.29, 1.82) is 0 Å². The second kappa shape index (κ2) is 12.9. The average Bonchev–Trinajstić information content (AvgIpc) is 3.00. The van der Waals surface area contributed by atoms with E-state index in [1.807, 2.05) is 60.7 Å². The average molecular weight is 578 g/mol. The standard InChI is InChI=1S/C31H31NO6S2/c1-36-28-9-5-6-10-30(28)39-21-26-19-29(23-13-11-22(20-33)12-14-23)38-31(37-26)24-15-17-25(18-16-24)32-40(34,35)27-7-3-2-4-8-27/h2-18,26,29,31-33H,19-21H2,1H3/t26-,29+,31+/m1/s1. The molecule has 4 aromatic carbocycles. The van der Waals surface area contributed by atoms with Crippen LogP contribution in [0, 0.1) is 0 Å². The summed E-state index contributed by atoms with van der Waals surface area (Å²) in [6.07, 6.45) is -0.315. The molecule has 2 N–H and O–H groups in total. The molecule has 208 valence electrons. The van der Waals surface area contributed by atoms with Gasteiger partial charge in [0, 0.05) is 28.3 Å². The molecule has 0 aliphatic carbocycles. The lowest BCUT2D eigenvalue weighted by atomic mass is 10.0. The SMILES string of the molecule is COc1ccccc1SC[C@H]1C[C@@H](c2ccc(CO)cc2)O[C@@H](c2ccc(NS(=O)(=O)c3ccccc3)cc2)O1. The molecule has 3 atom stereocenters. The van der Waals surface area contributed by atoms with Gasteiger partial charge >= 0.3 is 0 Å². The maximum atomic E-state index is 12.7. The zero-order valence-electron chi connectivity index (χ0n) is 22.0. The predicted octanol–water partition coefficient (Wildman–Crippen LogP) is 6.33. The quantitative estimate of drug-likeness (QED) is 0.213. The number of anilines is 1. The summed E-state index contributed by atoms with van der Waals surface area (Å²) in [5.74, 6) is 1.52. The largest absolute Gasteiger partial charge is 0.496 e. The van der Waals surface area contributed by atoms with Crippen LogP contribution in [0.4, 0.5) is 5.69 Å². The highest BCUT2D eigenvalue weighted by Gasteiger charge is 2.32. The van der Waals surface area contributed by atoms with E-state index in [2.05, 4.69) is 4.72 Å². The number of sulfonamides is 1. The Morgan fingerprint density at radius 3 is 2.25 bits per heavy atom. The molecule has 1 fully saturated rings. The van der Waals surface area contributed by atoms with Gasteiger partial charge < -0.3 is 19.3 Å². The van der Waals surface area contributed by atoms with Crippen molar-refractivity contribution in [2.75, 3.05) is 17.6 Å². The zero-order chi connectivity index (χ0) is 28.0. The third kappa shape index (κ3) is 6.86. The molecule has 0 saturated carbocycles. The van der Waals surface area contributed by atoms with Crippen LogP contribution in [-0.2, 0) is 26.1 Å². The first-order valence-electron chi connectivity index (χ1n) is 12.9. The fourth-order valence-corrected chi connectivity index (χ4v) is 6.59. The van der Waals surface area contributed by atoms with Gasteiger partial charge in [0.25, 0.3) is 10.0 Å². The fraction of sp³-hybridized carbons (Fsp3) is 0.226. The number of ether oxygens (including phenoxy) is 3. The number of methoxy groups -OCH3 is 1. The minimum atomic E-state index is -3.69. The minimum absolute atomic E-state index is 0.0178. The summed E-state index contributed by atoms with van der Waals surface area (Å²) < 4.78 is 46.4. The lowest BCUT2D eigenvalue weighted by Crippen LogP contribution is -2.31. The van der Waals surface area contributed by atoms with E-state index in [0.717, 1.165) is 27.3 Å². The predicted molar refractivity (Wildman–Crippen MR) is 156 cm³/mol. The van der Waals surface area contributed by atoms with Gasteiger partial charge in [-0.05, 0) is 47.5 Å². The topological polar surface area (TPSA) is 94.1 Å². The van der Waals surface area contributed by atoms with Crippen LogP contribution in [0.15, 0.2) is 113 Å². The minimum Gasteiger partial charge on any atom is -0.496 e. The van der Waals surface area contributed by atoms with E-state index in [0.29, 0.717) is 17.9 Å². The molecule has 40 heavy (non-hydrogen) atoms. The Kier molecular flexibility index (Phi) is 9.08. The number of hydrogen-bond donors (Lipinski definition) is 2. The van der Waals surface area contributed by atoms with E-state index in [4.69, 9.17) is 14.2 Å². The first-order valence-corrected chi connectivity index (χ1v) is 15.4. The van der Waals surface area contributed by atoms with Crippen LogP contribution in [0.25, 0.3) is 0 Å². The molecule has 0 amide bonds. The van der Waals surface area contributed by atoms with Crippen LogP contribution in [0.3, 0.4) is 0 Å². The van der Waals surface area contributed by atoms with Crippen LogP contribution in [0.5, 0.6) is 5.75 Å². The molecule has 1 heterocycles. The normalized spacial score (nSPS) is 19.2. The van der Waals surface area contributed by atoms with Gasteiger partial charge in [-0.3, -0.25) is 4.72 Å². The molecule has 0 unspecified atom stereocenters. The third-order valence-corrected chi connectivity index (χ3v) is 9.18. The molecule has 1 aliphatic heterocycles. The summed E-state index contributed by atoms with van der Waals surface area (Å²) in [6, 6.07) is 30.9. The molecule has 0 aromatic heterocycles. The highest BCUT2D eigenvalue weighted by atomic mass is 32.2. The van der Waals surface area contributed by atoms with Crippen molar-refractivity contribution in [3.63, 3.8) is 0 Å². The Morgan fingerprint density at radius 1 is 0.875 bits per heavy atom. The first-order chi connectivity index (χ1) is 19.4. The van der Waals surface area contributed by atoms with E-state index in [1.165, 1.54) is 0 Å². The summed E-state index contributed by atoms with van der Waals surface area (Å²) in [5, 5.41) is 9.44. The molecule has 0 spiro atoms. The van der Waals surface area contributed by atoms with E-state index >= 15 is 0 Å². The van der Waals surface area contributed by atoms with Crippen molar-refractivity contribution in [3.8, 4) is 5.75 Å². The number of nitrogens with one attached hydrogen (secondary N) is 1. The summed E-state index contributed by atoms with van der Waals surface area (Å²) in [6.45, 7) is -0.0178. The number of rotatable bonds is 10. The summed E-state index contributed by atoms with van der Waals surface area (Å²) in [4.78, 5) is 1.24. The van der Waals surface area contributed by atoms with Gasteiger partial charge in [-0.25, -0.2) is 8.42 Å². The molecular formula is C31H31NO6S2. The number of benzene rings is 4. The molecule has 0 bridgehead atoms. The van der Waals surface area contributed by atoms with Crippen LogP contribution >= 0.6 is 11.8 Å². The number of hydrogen-bond acceptors (Lipinski definition) is 7. The van der Waals surface area contributed by atoms with E-state index in [-0.39, 0.29) is 23.7 Å². The van der Waals surface area contributed by atoms with Crippen molar-refractivity contribution >= 4 is 27.5 Å². The highest BCUT2D eigenvalue weighted by Crippen LogP contribution is 2.40. The van der Waals surface area contributed by atoms with Crippen molar-refractivity contribution in [2.45, 2.75) is 41.3 Å². The summed E-state index contributed by atoms with van der Waals surface area (Å²) >= 11 is 1.67. The summed E-state index contributed by atoms with van der Waals surface area (Å²) in [5.41, 5.74) is 3.07. The lowest BCUT2D eigenvalue weighted by Gasteiger charge is -2.36. The number of para-hydroxylation sites is 1. The van der Waals surface area contributed by atoms with Crippen molar-refractivity contribution in [1.82, 2.24) is 0 Å². The zero-order valence-corrected chi connectivity index (χ0v) is 23.6. The number of aliphatic hydroxyl groups is 1. The molecular weight excluding hydrogens is 546 g/mol. The van der Waals surface area contributed by atoms with Crippen LogP contribution in [-0.4, -0.2) is 32.5 Å². The summed E-state index contributed by atoms with van der Waals surface area (Å²) in [7, 11) is -2.03. The fourth-order valence-electron chi connectivity index (χ4n) is 4.47.